The van der Waals surface area contributed by atoms with Gasteiger partial charge in [-0.15, -0.1) is 0 Å². The Kier molecular flexibility index (Phi) is 6.15. The molecule has 30 heavy (non-hydrogen) atoms. The van der Waals surface area contributed by atoms with Gasteiger partial charge < -0.3 is 14.8 Å². The summed E-state index contributed by atoms with van der Waals surface area (Å²) in [6.45, 7) is 3.62. The molecule has 0 unspecified atom stereocenters. The van der Waals surface area contributed by atoms with Gasteiger partial charge in [0.25, 0.3) is 17.7 Å². The molecule has 1 heterocycles. The van der Waals surface area contributed by atoms with E-state index in [4.69, 9.17) is 9.47 Å². The summed E-state index contributed by atoms with van der Waals surface area (Å²) < 4.78 is 10.1. The molecule has 0 aliphatic carbocycles. The van der Waals surface area contributed by atoms with E-state index in [2.05, 4.69) is 5.32 Å². The van der Waals surface area contributed by atoms with Crippen molar-refractivity contribution in [2.75, 3.05) is 25.6 Å². The summed E-state index contributed by atoms with van der Waals surface area (Å²) in [4.78, 5) is 50.4. The molecule has 156 valence electrons. The third-order valence-electron chi connectivity index (χ3n) is 4.46. The Labute approximate surface area is 173 Å². The molecule has 2 aromatic carbocycles. The second kappa shape index (κ2) is 8.77. The number of anilines is 1. The van der Waals surface area contributed by atoms with Crippen LogP contribution in [0.4, 0.5) is 5.69 Å². The van der Waals surface area contributed by atoms with Crippen molar-refractivity contribution in [1.29, 1.82) is 0 Å². The maximum Gasteiger partial charge on any atom is 0.338 e. The molecule has 3 amide bonds. The number of fused-ring (bicyclic) bond motifs is 1. The number of nitrogens with one attached hydrogen (secondary N) is 1. The van der Waals surface area contributed by atoms with Crippen LogP contribution in [-0.4, -0.2) is 48.9 Å². The molecule has 0 fully saturated rings. The van der Waals surface area contributed by atoms with E-state index >= 15 is 0 Å². The molecule has 8 nitrogen and oxygen atoms in total. The Morgan fingerprint density at radius 1 is 1.00 bits per heavy atom. The lowest BCUT2D eigenvalue weighted by atomic mass is 10.1. The Morgan fingerprint density at radius 3 is 2.30 bits per heavy atom. The second-order valence-corrected chi connectivity index (χ2v) is 7.23. The molecule has 0 aromatic heterocycles. The van der Waals surface area contributed by atoms with Crippen LogP contribution in [0.5, 0.6) is 5.75 Å². The van der Waals surface area contributed by atoms with Gasteiger partial charge in [0.05, 0.1) is 23.8 Å². The molecule has 0 atom stereocenters. The number of carbonyl (C=O) groups excluding carboxylic acids is 4. The van der Waals surface area contributed by atoms with E-state index in [1.54, 1.807) is 24.3 Å². The molecule has 1 aliphatic rings. The summed E-state index contributed by atoms with van der Waals surface area (Å²) in [6, 6.07) is 10.9. The topological polar surface area (TPSA) is 102 Å². The lowest BCUT2D eigenvalue weighted by Crippen LogP contribution is -2.33. The number of methoxy groups -OCH3 is 1. The summed E-state index contributed by atoms with van der Waals surface area (Å²) in [5.41, 5.74) is 1.05. The van der Waals surface area contributed by atoms with Gasteiger partial charge in [-0.3, -0.25) is 19.3 Å². The predicted octanol–water partition coefficient (Wildman–Crippen LogP) is 2.74. The number of amides is 3. The van der Waals surface area contributed by atoms with Crippen LogP contribution in [0.15, 0.2) is 42.5 Å². The van der Waals surface area contributed by atoms with Gasteiger partial charge in [-0.25, -0.2) is 4.79 Å². The minimum atomic E-state index is -0.759. The molecule has 1 N–H and O–H groups in total. The van der Waals surface area contributed by atoms with E-state index in [0.717, 1.165) is 0 Å². The van der Waals surface area contributed by atoms with E-state index in [1.165, 1.54) is 30.2 Å². The normalized spacial score (nSPS) is 12.7. The number of imide groups is 1. The highest BCUT2D eigenvalue weighted by Crippen LogP contribution is 2.25. The van der Waals surface area contributed by atoms with Crippen molar-refractivity contribution in [1.82, 2.24) is 4.90 Å². The zero-order valence-corrected chi connectivity index (χ0v) is 16.9. The van der Waals surface area contributed by atoms with Gasteiger partial charge in [-0.1, -0.05) is 13.8 Å². The zero-order valence-electron chi connectivity index (χ0n) is 16.9. The summed E-state index contributed by atoms with van der Waals surface area (Å²) >= 11 is 0. The van der Waals surface area contributed by atoms with Crippen molar-refractivity contribution >= 4 is 29.4 Å². The van der Waals surface area contributed by atoms with Gasteiger partial charge in [-0.2, -0.15) is 0 Å². The predicted molar refractivity (Wildman–Crippen MR) is 109 cm³/mol. The fraction of sp³-hybridized carbons (Fsp3) is 0.273. The maximum atomic E-state index is 12.5. The Hall–Kier alpha value is -3.68. The summed E-state index contributed by atoms with van der Waals surface area (Å²) in [6.07, 6.45) is 0. The second-order valence-electron chi connectivity index (χ2n) is 7.23. The van der Waals surface area contributed by atoms with Crippen LogP contribution in [0.1, 0.15) is 44.9 Å². The largest absolute Gasteiger partial charge is 0.497 e. The zero-order chi connectivity index (χ0) is 21.8. The molecule has 0 saturated heterocycles. The summed E-state index contributed by atoms with van der Waals surface area (Å²) in [5.74, 6) is -1.30. The van der Waals surface area contributed by atoms with Gasteiger partial charge >= 0.3 is 5.97 Å². The lowest BCUT2D eigenvalue weighted by Gasteiger charge is -2.15. The molecule has 0 radical (unpaired) electrons. The first-order valence-electron chi connectivity index (χ1n) is 9.41. The fourth-order valence-electron chi connectivity index (χ4n) is 3.03. The van der Waals surface area contributed by atoms with Gasteiger partial charge in [0.15, 0.2) is 6.61 Å². The smallest absolute Gasteiger partial charge is 0.338 e. The molecule has 8 heteroatoms. The average Bonchev–Trinajstić information content (AvgIpc) is 2.96. The molecule has 0 saturated carbocycles. The SMILES string of the molecule is COc1ccc(NC(=O)COC(=O)c2ccc3c(c2)C(=O)N(CC(C)C)C3=O)cc1. The molecule has 3 rings (SSSR count). The fourth-order valence-corrected chi connectivity index (χ4v) is 3.03. The highest BCUT2D eigenvalue weighted by atomic mass is 16.5. The van der Waals surface area contributed by atoms with Crippen LogP contribution < -0.4 is 10.1 Å². The van der Waals surface area contributed by atoms with E-state index in [-0.39, 0.29) is 28.5 Å². The first-order valence-corrected chi connectivity index (χ1v) is 9.41. The monoisotopic (exact) mass is 410 g/mol. The van der Waals surface area contributed by atoms with Gasteiger partial charge in [-0.05, 0) is 48.4 Å². The van der Waals surface area contributed by atoms with Gasteiger partial charge in [0.1, 0.15) is 5.75 Å². The number of hydrogen-bond donors (Lipinski definition) is 1. The van der Waals surface area contributed by atoms with Gasteiger partial charge in [0, 0.05) is 12.2 Å². The number of benzene rings is 2. The number of ether oxygens (including phenoxy) is 2. The van der Waals surface area contributed by atoms with Crippen LogP contribution in [-0.2, 0) is 9.53 Å². The third kappa shape index (κ3) is 4.48. The minimum absolute atomic E-state index is 0.0959. The summed E-state index contributed by atoms with van der Waals surface area (Å²) in [5, 5.41) is 2.60. The first kappa shape index (κ1) is 21.0. The quantitative estimate of drug-likeness (QED) is 0.556. The van der Waals surface area contributed by atoms with Crippen molar-refractivity contribution < 1.29 is 28.7 Å². The van der Waals surface area contributed by atoms with Crippen LogP contribution in [0.25, 0.3) is 0 Å². The standard InChI is InChI=1S/C22H22N2O6/c1-13(2)11-24-20(26)17-9-4-14(10-18(17)21(24)27)22(28)30-12-19(25)23-15-5-7-16(29-3)8-6-15/h4-10,13H,11-12H2,1-3H3,(H,23,25). The lowest BCUT2D eigenvalue weighted by molar-refractivity contribution is -0.119. The molecule has 2 aromatic rings. The van der Waals surface area contributed by atoms with E-state index in [0.29, 0.717) is 18.0 Å². The van der Waals surface area contributed by atoms with Crippen LogP contribution >= 0.6 is 0 Å². The minimum Gasteiger partial charge on any atom is -0.497 e. The Bertz CT molecular complexity index is 997. The van der Waals surface area contributed by atoms with Crippen molar-refractivity contribution in [3.8, 4) is 5.75 Å². The number of rotatable bonds is 7. The highest BCUT2D eigenvalue weighted by molar-refractivity contribution is 6.22. The van der Waals surface area contributed by atoms with Crippen molar-refractivity contribution in [3.05, 3.63) is 59.2 Å². The molecule has 0 bridgehead atoms. The Balaban J connectivity index is 1.61. The van der Waals surface area contributed by atoms with E-state index in [1.807, 2.05) is 13.8 Å². The number of esters is 1. The molecular formula is C22H22N2O6. The van der Waals surface area contributed by atoms with Crippen LogP contribution in [0.2, 0.25) is 0 Å². The molecular weight excluding hydrogens is 388 g/mol. The van der Waals surface area contributed by atoms with E-state index < -0.39 is 24.4 Å². The average molecular weight is 410 g/mol. The van der Waals surface area contributed by atoms with Crippen molar-refractivity contribution in [3.63, 3.8) is 0 Å². The van der Waals surface area contributed by atoms with Crippen LogP contribution in [0, 0.1) is 5.92 Å². The van der Waals surface area contributed by atoms with Crippen molar-refractivity contribution in [2.24, 2.45) is 5.92 Å². The number of hydrogen-bond acceptors (Lipinski definition) is 6. The maximum absolute atomic E-state index is 12.5. The molecule has 1 aliphatic heterocycles. The number of carbonyl (C=O) groups is 4. The van der Waals surface area contributed by atoms with Crippen LogP contribution in [0.3, 0.4) is 0 Å². The first-order chi connectivity index (χ1) is 14.3. The summed E-state index contributed by atoms with van der Waals surface area (Å²) in [7, 11) is 1.54. The highest BCUT2D eigenvalue weighted by Gasteiger charge is 2.36. The number of nitrogens with zero attached hydrogens (tertiary/aromatic N) is 1. The molecule has 0 spiro atoms. The van der Waals surface area contributed by atoms with E-state index in [9.17, 15) is 19.2 Å². The Morgan fingerprint density at radius 2 is 1.67 bits per heavy atom. The third-order valence-corrected chi connectivity index (χ3v) is 4.46. The van der Waals surface area contributed by atoms with Gasteiger partial charge in [0.2, 0.25) is 0 Å². The van der Waals surface area contributed by atoms with Crippen molar-refractivity contribution in [2.45, 2.75) is 13.8 Å².